The standard InChI is InChI=1S/C20H16N2O5S/c23-17(24)10-22(13-6-2-1-3-7-13)12-28-11-16(20(22)27)21-18(25)14-8-4-5-9-15(14)19(21)26/h1-9,16H,10-12H2/p+1/t16-,22+/m1/s1. The zero-order valence-corrected chi connectivity index (χ0v) is 15.6. The smallest absolute Gasteiger partial charge is 0.360 e. The van der Waals surface area contributed by atoms with E-state index in [1.54, 1.807) is 54.6 Å². The Labute approximate surface area is 165 Å². The number of fused-ring (bicyclic) bond motifs is 1. The highest BCUT2D eigenvalue weighted by Gasteiger charge is 2.54. The molecule has 0 aliphatic carbocycles. The lowest BCUT2D eigenvalue weighted by atomic mass is 10.1. The maximum atomic E-state index is 13.6. The molecule has 8 heteroatoms. The second kappa shape index (κ2) is 6.88. The molecule has 0 spiro atoms. The first-order chi connectivity index (χ1) is 13.5. The van der Waals surface area contributed by atoms with Gasteiger partial charge in [0.2, 0.25) is 0 Å². The van der Waals surface area contributed by atoms with Crippen LogP contribution in [0.2, 0.25) is 0 Å². The minimum absolute atomic E-state index is 0.231. The lowest BCUT2D eigenvalue weighted by molar-refractivity contribution is -0.144. The number of para-hydroxylation sites is 1. The Bertz CT molecular complexity index is 958. The molecule has 0 radical (unpaired) electrons. The molecule has 3 amide bonds. The number of aliphatic carboxylic acids is 1. The van der Waals surface area contributed by atoms with Crippen LogP contribution in [0.3, 0.4) is 0 Å². The molecule has 0 unspecified atom stereocenters. The van der Waals surface area contributed by atoms with Gasteiger partial charge in [0.05, 0.1) is 11.1 Å². The Morgan fingerprint density at radius 2 is 1.57 bits per heavy atom. The minimum atomic E-state index is -1.12. The number of amides is 3. The topological polar surface area (TPSA) is 91.8 Å². The summed E-state index contributed by atoms with van der Waals surface area (Å²) in [6, 6.07) is 14.1. The molecular formula is C20H17N2O5S+. The number of imide groups is 1. The van der Waals surface area contributed by atoms with Gasteiger partial charge in [-0.25, -0.2) is 14.1 Å². The van der Waals surface area contributed by atoms with E-state index in [2.05, 4.69) is 0 Å². The van der Waals surface area contributed by atoms with Crippen LogP contribution in [-0.4, -0.2) is 57.9 Å². The van der Waals surface area contributed by atoms with E-state index in [1.165, 1.54) is 11.8 Å². The monoisotopic (exact) mass is 397 g/mol. The lowest BCUT2D eigenvalue weighted by Crippen LogP contribution is -2.67. The summed E-state index contributed by atoms with van der Waals surface area (Å²) in [5.74, 6) is -2.13. The molecule has 0 saturated carbocycles. The third-order valence-corrected chi connectivity index (χ3v) is 6.26. The quantitative estimate of drug-likeness (QED) is 0.627. The molecule has 4 rings (SSSR count). The highest BCUT2D eigenvalue weighted by atomic mass is 32.2. The molecule has 1 saturated heterocycles. The van der Waals surface area contributed by atoms with Gasteiger partial charge in [-0.05, 0) is 24.3 Å². The van der Waals surface area contributed by atoms with Crippen molar-refractivity contribution < 1.29 is 24.3 Å². The molecule has 2 heterocycles. The molecule has 2 atom stereocenters. The number of nitrogens with zero attached hydrogens (tertiary/aromatic N) is 2. The fourth-order valence-corrected chi connectivity index (χ4v) is 5.08. The van der Waals surface area contributed by atoms with Crippen LogP contribution in [0.5, 0.6) is 0 Å². The van der Waals surface area contributed by atoms with Crippen molar-refractivity contribution in [1.82, 2.24) is 9.38 Å². The Morgan fingerprint density at radius 1 is 1.00 bits per heavy atom. The largest absolute Gasteiger partial charge is 0.477 e. The molecular weight excluding hydrogens is 380 g/mol. The van der Waals surface area contributed by atoms with Gasteiger partial charge in [0.1, 0.15) is 11.6 Å². The van der Waals surface area contributed by atoms with E-state index in [9.17, 15) is 24.3 Å². The zero-order chi connectivity index (χ0) is 19.9. The number of thioether (sulfide) groups is 1. The highest BCUT2D eigenvalue weighted by molar-refractivity contribution is 7.99. The summed E-state index contributed by atoms with van der Waals surface area (Å²) in [4.78, 5) is 51.8. The third-order valence-electron chi connectivity index (χ3n) is 5.09. The van der Waals surface area contributed by atoms with Crippen LogP contribution in [-0.2, 0) is 9.59 Å². The average Bonchev–Trinajstić information content (AvgIpc) is 2.95. The van der Waals surface area contributed by atoms with Crippen molar-refractivity contribution in [1.29, 1.82) is 0 Å². The maximum absolute atomic E-state index is 13.6. The van der Waals surface area contributed by atoms with E-state index < -0.39 is 40.8 Å². The van der Waals surface area contributed by atoms with Crippen molar-refractivity contribution in [2.45, 2.75) is 6.04 Å². The molecule has 0 aromatic heterocycles. The van der Waals surface area contributed by atoms with Crippen LogP contribution in [0.25, 0.3) is 0 Å². The fraction of sp³-hybridized carbons (Fsp3) is 0.200. The summed E-state index contributed by atoms with van der Waals surface area (Å²) in [6.07, 6.45) is 0. The Kier molecular flexibility index (Phi) is 4.52. The average molecular weight is 397 g/mol. The van der Waals surface area contributed by atoms with Crippen molar-refractivity contribution in [3.8, 4) is 0 Å². The number of benzene rings is 2. The minimum Gasteiger partial charge on any atom is -0.477 e. The van der Waals surface area contributed by atoms with Gasteiger partial charge in [-0.1, -0.05) is 42.1 Å². The van der Waals surface area contributed by atoms with Gasteiger partial charge in [-0.15, -0.1) is 0 Å². The molecule has 2 aromatic rings. The van der Waals surface area contributed by atoms with E-state index in [0.29, 0.717) is 5.69 Å². The van der Waals surface area contributed by atoms with E-state index in [0.717, 1.165) is 4.90 Å². The molecule has 2 aromatic carbocycles. The first-order valence-electron chi connectivity index (χ1n) is 8.69. The van der Waals surface area contributed by atoms with E-state index in [1.807, 2.05) is 0 Å². The van der Waals surface area contributed by atoms with Gasteiger partial charge >= 0.3 is 11.9 Å². The first kappa shape index (κ1) is 18.4. The molecule has 7 nitrogen and oxygen atoms in total. The first-order valence-corrected chi connectivity index (χ1v) is 9.85. The summed E-state index contributed by atoms with van der Waals surface area (Å²) in [6.45, 7) is -0.449. The normalized spacial score (nSPS) is 24.4. The van der Waals surface area contributed by atoms with Crippen molar-refractivity contribution in [3.05, 3.63) is 65.7 Å². The van der Waals surface area contributed by atoms with Crippen LogP contribution in [0.1, 0.15) is 20.7 Å². The van der Waals surface area contributed by atoms with Gasteiger partial charge in [-0.3, -0.25) is 14.5 Å². The van der Waals surface area contributed by atoms with E-state index in [4.69, 9.17) is 0 Å². The summed E-state index contributed by atoms with van der Waals surface area (Å²) < 4.78 is -0.446. The summed E-state index contributed by atoms with van der Waals surface area (Å²) in [7, 11) is 0. The molecule has 2 aliphatic heterocycles. The van der Waals surface area contributed by atoms with Crippen LogP contribution in [0.4, 0.5) is 5.69 Å². The molecule has 1 N–H and O–H groups in total. The van der Waals surface area contributed by atoms with Crippen molar-refractivity contribution in [3.63, 3.8) is 0 Å². The van der Waals surface area contributed by atoms with Gasteiger partial charge in [0.15, 0.2) is 12.6 Å². The van der Waals surface area contributed by atoms with Gasteiger partial charge in [0, 0.05) is 5.75 Å². The number of carbonyl (C=O) groups is 4. The molecule has 1 fully saturated rings. The third kappa shape index (κ3) is 2.73. The van der Waals surface area contributed by atoms with Crippen LogP contribution in [0, 0.1) is 0 Å². The fourth-order valence-electron chi connectivity index (χ4n) is 3.78. The number of quaternary nitrogens is 1. The van der Waals surface area contributed by atoms with Gasteiger partial charge in [-0.2, -0.15) is 0 Å². The Balaban J connectivity index is 1.76. The second-order valence-electron chi connectivity index (χ2n) is 6.74. The van der Waals surface area contributed by atoms with Crippen LogP contribution < -0.4 is 4.48 Å². The molecule has 2 aliphatic rings. The van der Waals surface area contributed by atoms with Crippen molar-refractivity contribution >= 4 is 41.1 Å². The maximum Gasteiger partial charge on any atom is 0.360 e. The zero-order valence-electron chi connectivity index (χ0n) is 14.8. The number of carboxylic acid groups (broad SMARTS) is 1. The van der Waals surface area contributed by atoms with Crippen LogP contribution >= 0.6 is 11.8 Å². The van der Waals surface area contributed by atoms with E-state index in [-0.39, 0.29) is 22.8 Å². The highest BCUT2D eigenvalue weighted by Crippen LogP contribution is 2.36. The van der Waals surface area contributed by atoms with Crippen LogP contribution in [0.15, 0.2) is 54.6 Å². The predicted octanol–water partition coefficient (Wildman–Crippen LogP) is 1.97. The molecule has 142 valence electrons. The second-order valence-corrected chi connectivity index (χ2v) is 7.73. The molecule has 0 bridgehead atoms. The van der Waals surface area contributed by atoms with Gasteiger partial charge < -0.3 is 5.11 Å². The Morgan fingerprint density at radius 3 is 2.14 bits per heavy atom. The molecule has 28 heavy (non-hydrogen) atoms. The lowest BCUT2D eigenvalue weighted by Gasteiger charge is -2.41. The van der Waals surface area contributed by atoms with Crippen molar-refractivity contribution in [2.75, 3.05) is 18.2 Å². The summed E-state index contributed by atoms with van der Waals surface area (Å²) in [5.41, 5.74) is 1.07. The number of hydrogen-bond donors (Lipinski definition) is 1. The van der Waals surface area contributed by atoms with Crippen molar-refractivity contribution in [2.24, 2.45) is 0 Å². The number of carboxylic acids is 1. The SMILES string of the molecule is O=C(O)C[N@@+]1(c2ccccc2)CSC[C@@H](N2C(=O)c3ccccc3C2=O)C1=O. The summed E-state index contributed by atoms with van der Waals surface area (Å²) >= 11 is 1.36. The predicted molar refractivity (Wildman–Crippen MR) is 104 cm³/mol. The Hall–Kier alpha value is -2.97. The van der Waals surface area contributed by atoms with E-state index >= 15 is 0 Å². The summed E-state index contributed by atoms with van der Waals surface area (Å²) in [5, 5.41) is 9.48. The number of hydrogen-bond acceptors (Lipinski definition) is 5. The number of rotatable bonds is 4. The number of carbonyl (C=O) groups excluding carboxylic acids is 3. The van der Waals surface area contributed by atoms with Gasteiger partial charge in [0.25, 0.3) is 11.8 Å².